The maximum absolute atomic E-state index is 12.4. The first-order valence-corrected chi connectivity index (χ1v) is 5.90. The SMILES string of the molecule is NCCN(Cc1cn2ccccc2n1)CC(F)(F)F. The predicted molar refractivity (Wildman–Crippen MR) is 65.6 cm³/mol. The Labute approximate surface area is 108 Å². The van der Waals surface area contributed by atoms with E-state index in [1.807, 2.05) is 18.3 Å². The second kappa shape index (κ2) is 5.58. The number of pyridine rings is 1. The number of fused-ring (bicyclic) bond motifs is 1. The molecule has 0 aliphatic heterocycles. The molecule has 0 bridgehead atoms. The standard InChI is InChI=1S/C12H15F3N4/c13-12(14,15)9-18(6-4-16)7-10-8-19-5-2-1-3-11(19)17-10/h1-3,5,8H,4,6-7,9,16H2. The number of aromatic nitrogens is 2. The summed E-state index contributed by atoms with van der Waals surface area (Å²) in [6.45, 7) is -0.465. The molecule has 0 aliphatic rings. The molecule has 19 heavy (non-hydrogen) atoms. The molecule has 2 aromatic rings. The molecule has 0 radical (unpaired) electrons. The summed E-state index contributed by atoms with van der Waals surface area (Å²) in [5, 5.41) is 0. The first-order chi connectivity index (χ1) is 8.98. The van der Waals surface area contributed by atoms with Gasteiger partial charge in [-0.25, -0.2) is 4.98 Å². The molecule has 2 aromatic heterocycles. The zero-order chi connectivity index (χ0) is 13.9. The fraction of sp³-hybridized carbons (Fsp3) is 0.417. The fourth-order valence-electron chi connectivity index (χ4n) is 1.94. The highest BCUT2D eigenvalue weighted by molar-refractivity contribution is 5.39. The molecule has 2 heterocycles. The van der Waals surface area contributed by atoms with Crippen molar-refractivity contribution in [1.29, 1.82) is 0 Å². The monoisotopic (exact) mass is 272 g/mol. The third-order valence-corrected chi connectivity index (χ3v) is 2.65. The van der Waals surface area contributed by atoms with E-state index in [0.717, 1.165) is 5.65 Å². The van der Waals surface area contributed by atoms with E-state index in [-0.39, 0.29) is 19.6 Å². The number of imidazole rings is 1. The van der Waals surface area contributed by atoms with E-state index in [2.05, 4.69) is 4.98 Å². The molecule has 2 rings (SSSR count). The Morgan fingerprint density at radius 2 is 2.11 bits per heavy atom. The van der Waals surface area contributed by atoms with Crippen LogP contribution >= 0.6 is 0 Å². The number of rotatable bonds is 5. The number of halogens is 3. The summed E-state index contributed by atoms with van der Waals surface area (Å²) >= 11 is 0. The largest absolute Gasteiger partial charge is 0.401 e. The van der Waals surface area contributed by atoms with Crippen LogP contribution in [0.4, 0.5) is 13.2 Å². The van der Waals surface area contributed by atoms with Crippen molar-refractivity contribution in [2.24, 2.45) is 5.73 Å². The second-order valence-electron chi connectivity index (χ2n) is 4.31. The van der Waals surface area contributed by atoms with Gasteiger partial charge in [0.05, 0.1) is 12.2 Å². The van der Waals surface area contributed by atoms with Gasteiger partial charge in [-0.3, -0.25) is 4.90 Å². The first kappa shape index (κ1) is 13.8. The number of nitrogens with two attached hydrogens (primary N) is 1. The van der Waals surface area contributed by atoms with Crippen LogP contribution in [0.1, 0.15) is 5.69 Å². The fourth-order valence-corrected chi connectivity index (χ4v) is 1.94. The number of alkyl halides is 3. The second-order valence-corrected chi connectivity index (χ2v) is 4.31. The molecule has 4 nitrogen and oxygen atoms in total. The van der Waals surface area contributed by atoms with Gasteiger partial charge in [0.2, 0.25) is 0 Å². The van der Waals surface area contributed by atoms with E-state index < -0.39 is 12.7 Å². The van der Waals surface area contributed by atoms with E-state index in [0.29, 0.717) is 5.69 Å². The predicted octanol–water partition coefficient (Wildman–Crippen LogP) is 1.66. The molecule has 0 aliphatic carbocycles. The van der Waals surface area contributed by atoms with Crippen molar-refractivity contribution in [2.45, 2.75) is 12.7 Å². The molecule has 0 unspecified atom stereocenters. The van der Waals surface area contributed by atoms with Crippen LogP contribution < -0.4 is 5.73 Å². The number of hydrogen-bond acceptors (Lipinski definition) is 3. The molecule has 0 fully saturated rings. The van der Waals surface area contributed by atoms with Crippen molar-refractivity contribution in [3.8, 4) is 0 Å². The smallest absolute Gasteiger partial charge is 0.329 e. The van der Waals surface area contributed by atoms with Crippen LogP contribution in [-0.4, -0.2) is 40.1 Å². The highest BCUT2D eigenvalue weighted by atomic mass is 19.4. The molecule has 0 aromatic carbocycles. The Hall–Kier alpha value is -1.60. The summed E-state index contributed by atoms with van der Waals surface area (Å²) in [7, 11) is 0. The van der Waals surface area contributed by atoms with E-state index >= 15 is 0 Å². The van der Waals surface area contributed by atoms with Crippen LogP contribution in [0.2, 0.25) is 0 Å². The van der Waals surface area contributed by atoms with Gasteiger partial charge in [0.15, 0.2) is 0 Å². The Morgan fingerprint density at radius 3 is 2.74 bits per heavy atom. The van der Waals surface area contributed by atoms with Gasteiger partial charge in [-0.2, -0.15) is 13.2 Å². The van der Waals surface area contributed by atoms with Gasteiger partial charge in [0.1, 0.15) is 5.65 Å². The van der Waals surface area contributed by atoms with Gasteiger partial charge in [-0.05, 0) is 12.1 Å². The number of nitrogens with zero attached hydrogens (tertiary/aromatic N) is 3. The zero-order valence-electron chi connectivity index (χ0n) is 10.3. The van der Waals surface area contributed by atoms with Crippen LogP contribution in [0, 0.1) is 0 Å². The van der Waals surface area contributed by atoms with Crippen molar-refractivity contribution in [1.82, 2.24) is 14.3 Å². The highest BCUT2D eigenvalue weighted by Gasteiger charge is 2.30. The van der Waals surface area contributed by atoms with Gasteiger partial charge in [-0.15, -0.1) is 0 Å². The lowest BCUT2D eigenvalue weighted by Gasteiger charge is -2.21. The molecule has 0 saturated heterocycles. The van der Waals surface area contributed by atoms with Crippen molar-refractivity contribution in [3.63, 3.8) is 0 Å². The Morgan fingerprint density at radius 1 is 1.32 bits per heavy atom. The normalized spacial score (nSPS) is 12.5. The third kappa shape index (κ3) is 3.93. The average molecular weight is 272 g/mol. The van der Waals surface area contributed by atoms with Gasteiger partial charge >= 0.3 is 6.18 Å². The van der Waals surface area contributed by atoms with E-state index in [4.69, 9.17) is 5.73 Å². The minimum atomic E-state index is -4.23. The molecule has 0 saturated carbocycles. The molecule has 104 valence electrons. The minimum absolute atomic E-state index is 0.137. The van der Waals surface area contributed by atoms with Gasteiger partial charge in [-0.1, -0.05) is 6.07 Å². The third-order valence-electron chi connectivity index (χ3n) is 2.65. The first-order valence-electron chi connectivity index (χ1n) is 5.90. The van der Waals surface area contributed by atoms with E-state index in [9.17, 15) is 13.2 Å². The summed E-state index contributed by atoms with van der Waals surface area (Å²) in [4.78, 5) is 5.53. The summed E-state index contributed by atoms with van der Waals surface area (Å²) in [6, 6.07) is 5.48. The van der Waals surface area contributed by atoms with Crippen molar-refractivity contribution in [3.05, 3.63) is 36.3 Å². The lowest BCUT2D eigenvalue weighted by Crippen LogP contribution is -2.37. The molecule has 7 heteroatoms. The van der Waals surface area contributed by atoms with E-state index in [1.54, 1.807) is 16.7 Å². The molecule has 2 N–H and O–H groups in total. The molecular formula is C12H15F3N4. The van der Waals surface area contributed by atoms with Gasteiger partial charge in [0.25, 0.3) is 0 Å². The molecule has 0 amide bonds. The summed E-state index contributed by atoms with van der Waals surface area (Å²) in [5.41, 5.74) is 6.66. The Kier molecular flexibility index (Phi) is 4.06. The quantitative estimate of drug-likeness (QED) is 0.900. The lowest BCUT2D eigenvalue weighted by atomic mass is 10.4. The maximum atomic E-state index is 12.4. The average Bonchev–Trinajstić information content (AvgIpc) is 2.69. The number of hydrogen-bond donors (Lipinski definition) is 1. The van der Waals surface area contributed by atoms with E-state index in [1.165, 1.54) is 4.90 Å². The van der Waals surface area contributed by atoms with Crippen molar-refractivity contribution < 1.29 is 13.2 Å². The molecule has 0 spiro atoms. The van der Waals surface area contributed by atoms with Crippen LogP contribution in [0.3, 0.4) is 0 Å². The Balaban J connectivity index is 2.11. The zero-order valence-corrected chi connectivity index (χ0v) is 10.3. The summed E-state index contributed by atoms with van der Waals surface area (Å²) < 4.78 is 39.1. The van der Waals surface area contributed by atoms with Crippen LogP contribution in [0.25, 0.3) is 5.65 Å². The minimum Gasteiger partial charge on any atom is -0.329 e. The summed E-state index contributed by atoms with van der Waals surface area (Å²) in [5.74, 6) is 0. The van der Waals surface area contributed by atoms with Crippen LogP contribution in [0.5, 0.6) is 0 Å². The maximum Gasteiger partial charge on any atom is 0.401 e. The van der Waals surface area contributed by atoms with Gasteiger partial charge in [0, 0.05) is 32.0 Å². The topological polar surface area (TPSA) is 46.6 Å². The Bertz CT molecular complexity index is 502. The van der Waals surface area contributed by atoms with Gasteiger partial charge < -0.3 is 10.1 Å². The summed E-state index contributed by atoms with van der Waals surface area (Å²) in [6.07, 6.45) is -0.688. The van der Waals surface area contributed by atoms with Crippen LogP contribution in [-0.2, 0) is 6.54 Å². The molecular weight excluding hydrogens is 257 g/mol. The lowest BCUT2D eigenvalue weighted by molar-refractivity contribution is -0.146. The van der Waals surface area contributed by atoms with Crippen LogP contribution in [0.15, 0.2) is 30.6 Å². The molecule has 0 atom stereocenters. The highest BCUT2D eigenvalue weighted by Crippen LogP contribution is 2.17. The van der Waals surface area contributed by atoms with Crippen molar-refractivity contribution in [2.75, 3.05) is 19.6 Å². The van der Waals surface area contributed by atoms with Crippen molar-refractivity contribution >= 4 is 5.65 Å².